The number of hydrogen-bond donors (Lipinski definition) is 1. The van der Waals surface area contributed by atoms with E-state index in [2.05, 4.69) is 4.98 Å². The molecule has 2 aromatic heterocycles. The first-order valence-electron chi connectivity index (χ1n) is 8.00. The van der Waals surface area contributed by atoms with Crippen molar-refractivity contribution in [2.45, 2.75) is 6.04 Å². The van der Waals surface area contributed by atoms with Gasteiger partial charge >= 0.3 is 0 Å². The Morgan fingerprint density at radius 1 is 1.22 bits per heavy atom. The summed E-state index contributed by atoms with van der Waals surface area (Å²) in [6.45, 7) is 0. The number of nitrogens with zero attached hydrogens (tertiary/aromatic N) is 2. The maximum absolute atomic E-state index is 13.1. The molecule has 0 spiro atoms. The lowest BCUT2D eigenvalue weighted by Crippen LogP contribution is -2.30. The van der Waals surface area contributed by atoms with Gasteiger partial charge in [0.1, 0.15) is 5.75 Å². The normalized spacial score (nSPS) is 16.9. The van der Waals surface area contributed by atoms with E-state index >= 15 is 0 Å². The summed E-state index contributed by atoms with van der Waals surface area (Å²) in [5.41, 5.74) is 0.702. The summed E-state index contributed by atoms with van der Waals surface area (Å²) in [6.07, 6.45) is 1.58. The zero-order valence-corrected chi connectivity index (χ0v) is 15.8. The standard InChI is InChI=1S/C19H14N2O4S2/c1-25-12-5-2-4-11(10-12)15-14(16(22)13-6-3-8-26-13)17(23)18(24)21(15)19-20-7-9-27-19/h2-10,15,23H,1H3/t15-/m1/s1. The number of amides is 1. The number of Topliss-reactive ketones (excluding diaryl/α,β-unsaturated/α-hetero) is 1. The van der Waals surface area contributed by atoms with Crippen LogP contribution in [0, 0.1) is 0 Å². The van der Waals surface area contributed by atoms with Crippen LogP contribution < -0.4 is 9.64 Å². The molecule has 0 radical (unpaired) electrons. The number of methoxy groups -OCH3 is 1. The van der Waals surface area contributed by atoms with Crippen molar-refractivity contribution in [3.8, 4) is 5.75 Å². The number of aliphatic hydroxyl groups is 1. The Hall–Kier alpha value is -2.97. The van der Waals surface area contributed by atoms with Gasteiger partial charge in [-0.05, 0) is 29.1 Å². The van der Waals surface area contributed by atoms with Crippen molar-refractivity contribution < 1.29 is 19.4 Å². The topological polar surface area (TPSA) is 79.7 Å². The van der Waals surface area contributed by atoms with Crippen LogP contribution in [0.4, 0.5) is 5.13 Å². The van der Waals surface area contributed by atoms with E-state index < -0.39 is 17.7 Å². The Kier molecular flexibility index (Phi) is 4.51. The van der Waals surface area contributed by atoms with Crippen LogP contribution in [0.2, 0.25) is 0 Å². The SMILES string of the molecule is COc1cccc([C@@H]2C(C(=O)c3cccs3)=C(O)C(=O)N2c2nccs2)c1. The largest absolute Gasteiger partial charge is 0.503 e. The van der Waals surface area contributed by atoms with Crippen LogP contribution in [0.15, 0.2) is 64.7 Å². The summed E-state index contributed by atoms with van der Waals surface area (Å²) < 4.78 is 5.28. The summed E-state index contributed by atoms with van der Waals surface area (Å²) in [5, 5.41) is 14.5. The average Bonchev–Trinajstić information content (AvgIpc) is 3.43. The number of carbonyl (C=O) groups is 2. The molecule has 0 unspecified atom stereocenters. The lowest BCUT2D eigenvalue weighted by atomic mass is 9.95. The van der Waals surface area contributed by atoms with Crippen molar-refractivity contribution >= 4 is 39.5 Å². The third-order valence-electron chi connectivity index (χ3n) is 4.23. The number of ketones is 1. The minimum atomic E-state index is -0.784. The highest BCUT2D eigenvalue weighted by molar-refractivity contribution is 7.14. The molecule has 1 aliphatic rings. The Morgan fingerprint density at radius 2 is 2.07 bits per heavy atom. The number of aliphatic hydroxyl groups excluding tert-OH is 1. The molecule has 1 aromatic carbocycles. The Bertz CT molecular complexity index is 1030. The van der Waals surface area contributed by atoms with Crippen LogP contribution in [-0.2, 0) is 4.79 Å². The van der Waals surface area contributed by atoms with Gasteiger partial charge in [0, 0.05) is 11.6 Å². The molecule has 1 atom stereocenters. The minimum Gasteiger partial charge on any atom is -0.503 e. The molecule has 136 valence electrons. The summed E-state index contributed by atoms with van der Waals surface area (Å²) in [6, 6.07) is 9.74. The first-order chi connectivity index (χ1) is 13.1. The predicted octanol–water partition coefficient (Wildman–Crippen LogP) is 4.00. The summed E-state index contributed by atoms with van der Waals surface area (Å²) in [4.78, 5) is 31.9. The Morgan fingerprint density at radius 3 is 2.74 bits per heavy atom. The molecular weight excluding hydrogens is 384 g/mol. The second-order valence-electron chi connectivity index (χ2n) is 5.74. The molecule has 1 aliphatic heterocycles. The summed E-state index contributed by atoms with van der Waals surface area (Å²) >= 11 is 2.52. The molecule has 8 heteroatoms. The molecule has 1 N–H and O–H groups in total. The van der Waals surface area contributed by atoms with Gasteiger partial charge in [-0.15, -0.1) is 22.7 Å². The van der Waals surface area contributed by atoms with Gasteiger partial charge in [-0.3, -0.25) is 14.5 Å². The van der Waals surface area contributed by atoms with Crippen LogP contribution in [-0.4, -0.2) is 28.9 Å². The number of thiazole rings is 1. The van der Waals surface area contributed by atoms with Crippen molar-refractivity contribution in [3.63, 3.8) is 0 Å². The molecule has 3 aromatic rings. The van der Waals surface area contributed by atoms with Crippen molar-refractivity contribution in [2.75, 3.05) is 12.0 Å². The average molecular weight is 398 g/mol. The highest BCUT2D eigenvalue weighted by Crippen LogP contribution is 2.43. The molecule has 0 bridgehead atoms. The number of anilines is 1. The van der Waals surface area contributed by atoms with Crippen molar-refractivity contribution in [1.29, 1.82) is 0 Å². The summed E-state index contributed by atoms with van der Waals surface area (Å²) in [7, 11) is 1.54. The first kappa shape index (κ1) is 17.4. The third-order valence-corrected chi connectivity index (χ3v) is 5.87. The van der Waals surface area contributed by atoms with Crippen LogP contribution in [0.25, 0.3) is 0 Å². The monoisotopic (exact) mass is 398 g/mol. The lowest BCUT2D eigenvalue weighted by Gasteiger charge is -2.24. The van der Waals surface area contributed by atoms with Gasteiger partial charge < -0.3 is 9.84 Å². The van der Waals surface area contributed by atoms with E-state index in [0.29, 0.717) is 21.3 Å². The zero-order valence-electron chi connectivity index (χ0n) is 14.2. The van der Waals surface area contributed by atoms with E-state index in [0.717, 1.165) is 0 Å². The minimum absolute atomic E-state index is 0.0471. The molecule has 4 rings (SSSR count). The number of benzene rings is 1. The third kappa shape index (κ3) is 2.92. The van der Waals surface area contributed by atoms with Gasteiger partial charge in [0.2, 0.25) is 5.78 Å². The van der Waals surface area contributed by atoms with Crippen molar-refractivity contribution in [1.82, 2.24) is 4.98 Å². The quantitative estimate of drug-likeness (QED) is 0.657. The predicted molar refractivity (Wildman–Crippen MR) is 104 cm³/mol. The van der Waals surface area contributed by atoms with Gasteiger partial charge in [0.25, 0.3) is 5.91 Å². The molecule has 0 saturated heterocycles. The maximum atomic E-state index is 13.1. The molecule has 27 heavy (non-hydrogen) atoms. The smallest absolute Gasteiger partial charge is 0.296 e. The number of hydrogen-bond acceptors (Lipinski definition) is 7. The maximum Gasteiger partial charge on any atom is 0.296 e. The molecular formula is C19H14N2O4S2. The zero-order chi connectivity index (χ0) is 19.0. The van der Waals surface area contributed by atoms with Crippen molar-refractivity contribution in [2.24, 2.45) is 0 Å². The van der Waals surface area contributed by atoms with Gasteiger partial charge in [-0.1, -0.05) is 18.2 Å². The second kappa shape index (κ2) is 6.98. The fraction of sp³-hybridized carbons (Fsp3) is 0.105. The van der Waals surface area contributed by atoms with Gasteiger partial charge in [-0.2, -0.15) is 0 Å². The second-order valence-corrected chi connectivity index (χ2v) is 7.56. The highest BCUT2D eigenvalue weighted by atomic mass is 32.1. The Labute approximate surface area is 163 Å². The van der Waals surface area contributed by atoms with E-state index in [-0.39, 0.29) is 11.4 Å². The van der Waals surface area contributed by atoms with Crippen LogP contribution in [0.5, 0.6) is 5.75 Å². The van der Waals surface area contributed by atoms with E-state index in [4.69, 9.17) is 4.74 Å². The number of carbonyl (C=O) groups excluding carboxylic acids is 2. The fourth-order valence-corrected chi connectivity index (χ4v) is 4.38. The first-order valence-corrected chi connectivity index (χ1v) is 9.76. The molecule has 0 aliphatic carbocycles. The van der Waals surface area contributed by atoms with Crippen LogP contribution in [0.1, 0.15) is 21.3 Å². The fourth-order valence-electron chi connectivity index (χ4n) is 3.04. The van der Waals surface area contributed by atoms with Crippen LogP contribution >= 0.6 is 22.7 Å². The van der Waals surface area contributed by atoms with Gasteiger partial charge in [-0.25, -0.2) is 4.98 Å². The summed E-state index contributed by atoms with van der Waals surface area (Å²) in [5.74, 6) is -0.967. The highest BCUT2D eigenvalue weighted by Gasteiger charge is 2.45. The van der Waals surface area contributed by atoms with Crippen LogP contribution in [0.3, 0.4) is 0 Å². The molecule has 1 amide bonds. The van der Waals surface area contributed by atoms with E-state index in [9.17, 15) is 14.7 Å². The van der Waals surface area contributed by atoms with Gasteiger partial charge in [0.15, 0.2) is 10.9 Å². The molecule has 0 fully saturated rings. The number of rotatable bonds is 5. The van der Waals surface area contributed by atoms with E-state index in [1.807, 2.05) is 0 Å². The number of ether oxygens (including phenoxy) is 1. The number of aromatic nitrogens is 1. The van der Waals surface area contributed by atoms with Gasteiger partial charge in [0.05, 0.1) is 23.6 Å². The number of thiophene rings is 1. The molecule has 6 nitrogen and oxygen atoms in total. The van der Waals surface area contributed by atoms with E-state index in [1.165, 1.54) is 27.6 Å². The molecule has 0 saturated carbocycles. The Balaban J connectivity index is 1.89. The molecule has 3 heterocycles. The van der Waals surface area contributed by atoms with E-state index in [1.54, 1.807) is 60.5 Å². The lowest BCUT2D eigenvalue weighted by molar-refractivity contribution is -0.117. The van der Waals surface area contributed by atoms with Crippen molar-refractivity contribution in [3.05, 3.63) is 75.1 Å².